The van der Waals surface area contributed by atoms with Crippen molar-refractivity contribution in [3.63, 3.8) is 0 Å². The SMILES string of the molecule is CC(C)C(=O)Nc1cc(C2(C)CCSC(N)=N2)ccc1F. The zero-order valence-electron chi connectivity index (χ0n) is 12.4. The number of hydrogen-bond donors (Lipinski definition) is 2. The second-order valence-corrected chi connectivity index (χ2v) is 6.78. The van der Waals surface area contributed by atoms with Crippen LogP contribution < -0.4 is 11.1 Å². The van der Waals surface area contributed by atoms with Gasteiger partial charge in [0.25, 0.3) is 0 Å². The molecule has 1 heterocycles. The Morgan fingerprint density at radius 1 is 1.52 bits per heavy atom. The van der Waals surface area contributed by atoms with E-state index in [1.807, 2.05) is 6.92 Å². The highest BCUT2D eigenvalue weighted by Crippen LogP contribution is 2.36. The summed E-state index contributed by atoms with van der Waals surface area (Å²) in [6, 6.07) is 4.72. The van der Waals surface area contributed by atoms with Crippen LogP contribution in [-0.4, -0.2) is 16.8 Å². The van der Waals surface area contributed by atoms with Crippen LogP contribution >= 0.6 is 11.8 Å². The third-order valence-electron chi connectivity index (χ3n) is 3.57. The fraction of sp³-hybridized carbons (Fsp3) is 0.467. The minimum absolute atomic E-state index is 0.194. The summed E-state index contributed by atoms with van der Waals surface area (Å²) in [5.41, 5.74) is 6.38. The van der Waals surface area contributed by atoms with Crippen molar-refractivity contribution in [1.82, 2.24) is 0 Å². The average Bonchev–Trinajstić information content (AvgIpc) is 2.40. The first-order valence-corrected chi connectivity index (χ1v) is 7.89. The molecule has 1 amide bonds. The Morgan fingerprint density at radius 3 is 2.86 bits per heavy atom. The summed E-state index contributed by atoms with van der Waals surface area (Å²) in [4.78, 5) is 16.2. The van der Waals surface area contributed by atoms with Crippen LogP contribution in [0.4, 0.5) is 10.1 Å². The molecule has 1 aliphatic heterocycles. The van der Waals surface area contributed by atoms with Gasteiger partial charge in [-0.1, -0.05) is 31.7 Å². The van der Waals surface area contributed by atoms with E-state index >= 15 is 0 Å². The Bertz CT molecular complexity index is 588. The number of hydrogen-bond acceptors (Lipinski definition) is 4. The number of benzene rings is 1. The van der Waals surface area contributed by atoms with Gasteiger partial charge in [-0.3, -0.25) is 9.79 Å². The van der Waals surface area contributed by atoms with Crippen molar-refractivity contribution in [2.75, 3.05) is 11.1 Å². The highest BCUT2D eigenvalue weighted by Gasteiger charge is 2.30. The largest absolute Gasteiger partial charge is 0.379 e. The molecule has 21 heavy (non-hydrogen) atoms. The average molecular weight is 309 g/mol. The normalized spacial score (nSPS) is 22.0. The van der Waals surface area contributed by atoms with E-state index in [1.54, 1.807) is 26.0 Å². The number of thioether (sulfide) groups is 1. The minimum atomic E-state index is -0.472. The number of halogens is 1. The summed E-state index contributed by atoms with van der Waals surface area (Å²) in [6.45, 7) is 5.50. The van der Waals surface area contributed by atoms with Crippen molar-refractivity contribution < 1.29 is 9.18 Å². The molecule has 0 bridgehead atoms. The number of carbonyl (C=O) groups excluding carboxylic acids is 1. The quantitative estimate of drug-likeness (QED) is 0.901. The Morgan fingerprint density at radius 2 is 2.24 bits per heavy atom. The molecule has 0 saturated carbocycles. The summed E-state index contributed by atoms with van der Waals surface area (Å²) in [6.07, 6.45) is 0.821. The summed E-state index contributed by atoms with van der Waals surface area (Å²) in [5, 5.41) is 3.16. The number of nitrogens with two attached hydrogens (primary N) is 1. The molecule has 1 unspecified atom stereocenters. The van der Waals surface area contributed by atoms with Gasteiger partial charge in [0.2, 0.25) is 5.91 Å². The van der Waals surface area contributed by atoms with Crippen LogP contribution in [0.3, 0.4) is 0 Å². The first-order chi connectivity index (χ1) is 9.82. The van der Waals surface area contributed by atoms with Gasteiger partial charge in [0.15, 0.2) is 5.17 Å². The van der Waals surface area contributed by atoms with Crippen molar-refractivity contribution in [1.29, 1.82) is 0 Å². The molecule has 0 saturated heterocycles. The molecule has 0 aliphatic carbocycles. The van der Waals surface area contributed by atoms with E-state index in [9.17, 15) is 9.18 Å². The first-order valence-electron chi connectivity index (χ1n) is 6.91. The lowest BCUT2D eigenvalue weighted by Crippen LogP contribution is -2.29. The molecular weight excluding hydrogens is 289 g/mol. The molecule has 1 aliphatic rings. The molecular formula is C15H20FN3OS. The summed E-state index contributed by atoms with van der Waals surface area (Å²) >= 11 is 1.52. The van der Waals surface area contributed by atoms with Crippen molar-refractivity contribution in [3.05, 3.63) is 29.6 Å². The van der Waals surface area contributed by atoms with Crippen molar-refractivity contribution in [3.8, 4) is 0 Å². The molecule has 114 valence electrons. The van der Waals surface area contributed by atoms with E-state index < -0.39 is 11.4 Å². The van der Waals surface area contributed by atoms with Crippen LogP contribution in [0.25, 0.3) is 0 Å². The molecule has 0 fully saturated rings. The number of rotatable bonds is 3. The second kappa shape index (κ2) is 6.05. The van der Waals surface area contributed by atoms with E-state index in [-0.39, 0.29) is 17.5 Å². The molecule has 0 aromatic heterocycles. The molecule has 1 aromatic rings. The zero-order valence-corrected chi connectivity index (χ0v) is 13.3. The van der Waals surface area contributed by atoms with E-state index in [2.05, 4.69) is 10.3 Å². The molecule has 1 atom stereocenters. The fourth-order valence-corrected chi connectivity index (χ4v) is 3.10. The highest BCUT2D eigenvalue weighted by molar-refractivity contribution is 8.13. The van der Waals surface area contributed by atoms with Crippen LogP contribution in [0.5, 0.6) is 0 Å². The van der Waals surface area contributed by atoms with Gasteiger partial charge in [-0.15, -0.1) is 0 Å². The van der Waals surface area contributed by atoms with Gasteiger partial charge in [0, 0.05) is 11.7 Å². The lowest BCUT2D eigenvalue weighted by molar-refractivity contribution is -0.118. The second-order valence-electron chi connectivity index (χ2n) is 5.66. The lowest BCUT2D eigenvalue weighted by Gasteiger charge is -2.30. The standard InChI is InChI=1S/C15H20FN3OS/c1-9(2)13(20)18-12-8-10(4-5-11(12)16)15(3)6-7-21-14(17)19-15/h4-5,8-9H,6-7H2,1-3H3,(H2,17,19)(H,18,20). The third-order valence-corrected chi connectivity index (χ3v) is 4.36. The van der Waals surface area contributed by atoms with Crippen LogP contribution in [0, 0.1) is 11.7 Å². The van der Waals surface area contributed by atoms with Crippen LogP contribution in [0.15, 0.2) is 23.2 Å². The smallest absolute Gasteiger partial charge is 0.227 e. The van der Waals surface area contributed by atoms with E-state index in [0.29, 0.717) is 5.17 Å². The maximum atomic E-state index is 13.9. The zero-order chi connectivity index (χ0) is 15.6. The van der Waals surface area contributed by atoms with Crippen molar-refractivity contribution in [2.24, 2.45) is 16.6 Å². The van der Waals surface area contributed by atoms with Crippen LogP contribution in [-0.2, 0) is 10.3 Å². The predicted octanol–water partition coefficient (Wildman–Crippen LogP) is 3.09. The van der Waals surface area contributed by atoms with Gasteiger partial charge in [0.05, 0.1) is 11.2 Å². The molecule has 6 heteroatoms. The van der Waals surface area contributed by atoms with Gasteiger partial charge in [-0.2, -0.15) is 0 Å². The Kier molecular flexibility index (Phi) is 4.56. The van der Waals surface area contributed by atoms with Crippen LogP contribution in [0.1, 0.15) is 32.8 Å². The monoisotopic (exact) mass is 309 g/mol. The highest BCUT2D eigenvalue weighted by atomic mass is 32.2. The van der Waals surface area contributed by atoms with Gasteiger partial charge < -0.3 is 11.1 Å². The third kappa shape index (κ3) is 3.56. The fourth-order valence-electron chi connectivity index (χ4n) is 2.13. The Balaban J connectivity index is 2.34. The molecule has 2 rings (SSSR count). The van der Waals surface area contributed by atoms with Gasteiger partial charge in [-0.25, -0.2) is 4.39 Å². The summed E-state index contributed by atoms with van der Waals surface area (Å²) in [5.74, 6) is 0.0111. The van der Waals surface area contributed by atoms with Gasteiger partial charge >= 0.3 is 0 Å². The summed E-state index contributed by atoms with van der Waals surface area (Å²) in [7, 11) is 0. The number of amidine groups is 1. The number of anilines is 1. The van der Waals surface area contributed by atoms with Gasteiger partial charge in [0.1, 0.15) is 5.82 Å². The Hall–Kier alpha value is -1.56. The first kappa shape index (κ1) is 15.8. The molecule has 1 aromatic carbocycles. The topological polar surface area (TPSA) is 67.5 Å². The maximum absolute atomic E-state index is 13.9. The van der Waals surface area contributed by atoms with Crippen molar-refractivity contribution in [2.45, 2.75) is 32.7 Å². The molecule has 3 N–H and O–H groups in total. The number of nitrogens with one attached hydrogen (secondary N) is 1. The van der Waals surface area contributed by atoms with E-state index in [0.717, 1.165) is 17.7 Å². The minimum Gasteiger partial charge on any atom is -0.379 e. The van der Waals surface area contributed by atoms with Crippen molar-refractivity contribution >= 4 is 28.5 Å². The lowest BCUT2D eigenvalue weighted by atomic mass is 9.89. The molecule has 4 nitrogen and oxygen atoms in total. The maximum Gasteiger partial charge on any atom is 0.227 e. The number of carbonyl (C=O) groups is 1. The summed E-state index contributed by atoms with van der Waals surface area (Å²) < 4.78 is 13.9. The molecule has 0 radical (unpaired) electrons. The number of nitrogens with zero attached hydrogens (tertiary/aromatic N) is 1. The molecule has 0 spiro atoms. The van der Waals surface area contributed by atoms with Crippen LogP contribution in [0.2, 0.25) is 0 Å². The predicted molar refractivity (Wildman–Crippen MR) is 85.9 cm³/mol. The van der Waals surface area contributed by atoms with E-state index in [1.165, 1.54) is 17.8 Å². The van der Waals surface area contributed by atoms with Gasteiger partial charge in [-0.05, 0) is 31.0 Å². The Labute approximate surface area is 128 Å². The number of aliphatic imine (C=N–C) groups is 1. The van der Waals surface area contributed by atoms with E-state index in [4.69, 9.17) is 5.73 Å². The number of amides is 1.